The van der Waals surface area contributed by atoms with E-state index in [9.17, 15) is 4.57 Å². The van der Waals surface area contributed by atoms with Gasteiger partial charge in [-0.3, -0.25) is 0 Å². The van der Waals surface area contributed by atoms with Gasteiger partial charge in [0, 0.05) is 0 Å². The molecular weight excluding hydrogens is 155 g/mol. The monoisotopic (exact) mass is 162 g/mol. The highest BCUT2D eigenvalue weighted by Crippen LogP contribution is 1.84. The Balaban J connectivity index is -0.0000000750. The predicted octanol–water partition coefficient (Wildman–Crippen LogP) is 0.688. The Hall–Kier alpha value is -1.27. The molecule has 0 spiro atoms. The van der Waals surface area contributed by atoms with E-state index >= 15 is 0 Å². The smallest absolute Gasteiger partial charge is 0.231 e. The second-order valence-corrected chi connectivity index (χ2v) is 1.32. The molecule has 0 aromatic rings. The molecule has 56 valence electrons. The van der Waals surface area contributed by atoms with Crippen LogP contribution in [-0.4, -0.2) is 12.2 Å². The molecule has 1 unspecified atom stereocenters. The van der Waals surface area contributed by atoms with Gasteiger partial charge in [-0.25, -0.2) is 20.4 Å². The van der Waals surface area contributed by atoms with Crippen molar-refractivity contribution in [1.82, 2.24) is 0 Å². The van der Waals surface area contributed by atoms with Gasteiger partial charge < -0.3 is 4.57 Å². The van der Waals surface area contributed by atoms with Crippen LogP contribution in [0.15, 0.2) is 12.4 Å². The van der Waals surface area contributed by atoms with Crippen molar-refractivity contribution in [1.29, 1.82) is 10.8 Å². The van der Waals surface area contributed by atoms with E-state index in [-0.39, 0.29) is 0 Å². The number of hydrogen-bond acceptors (Lipinski definition) is 5. The Bertz CT molecular complexity index is 127. The third-order valence-electron chi connectivity index (χ3n) is 0.0962. The van der Waals surface area contributed by atoms with Crippen molar-refractivity contribution >= 4 is 20.6 Å². The molecule has 0 bridgehead atoms. The first-order valence-electron chi connectivity index (χ1n) is 1.89. The Kier molecular flexibility index (Phi) is 74.6. The highest BCUT2D eigenvalue weighted by molar-refractivity contribution is 7.27. The summed E-state index contributed by atoms with van der Waals surface area (Å²) >= 11 is 0. The Morgan fingerprint density at radius 3 is 1.40 bits per heavy atom. The fourth-order valence-corrected chi connectivity index (χ4v) is 0. The molecule has 0 aromatic heterocycles. The van der Waals surface area contributed by atoms with E-state index < -0.39 is 8.46 Å². The maximum Gasteiger partial charge on any atom is 0.231 e. The quantitative estimate of drug-likeness (QED) is 0.337. The van der Waals surface area contributed by atoms with Crippen LogP contribution in [0.3, 0.4) is 0 Å². The molecule has 0 fully saturated rings. The van der Waals surface area contributed by atoms with Crippen LogP contribution in [0.5, 0.6) is 0 Å². The van der Waals surface area contributed by atoms with Crippen molar-refractivity contribution in [3.8, 4) is 0 Å². The van der Waals surface area contributed by atoms with Crippen LogP contribution in [0.4, 0.5) is 0 Å². The molecule has 1 atom stereocenters. The molecule has 0 aliphatic heterocycles. The molecule has 5 nitrogen and oxygen atoms in total. The number of isocyanates is 2. The zero-order valence-corrected chi connectivity index (χ0v) is 6.24. The second kappa shape index (κ2) is 47.0. The van der Waals surface area contributed by atoms with Gasteiger partial charge in [0.2, 0.25) is 12.2 Å². The molecule has 2 N–H and O–H groups in total. The molecule has 10 heavy (non-hydrogen) atoms. The second-order valence-electron chi connectivity index (χ2n) is 0.576. The van der Waals surface area contributed by atoms with Crippen molar-refractivity contribution < 1.29 is 14.2 Å². The Morgan fingerprint density at radius 2 is 1.40 bits per heavy atom. The average Bonchev–Trinajstić information content (AvgIpc) is 1.91. The molecule has 0 aliphatic rings. The Labute approximate surface area is 59.0 Å². The van der Waals surface area contributed by atoms with Gasteiger partial charge in [-0.05, 0) is 5.82 Å². The summed E-state index contributed by atoms with van der Waals surface area (Å²) in [6.45, 7) is 3.20. The van der Waals surface area contributed by atoms with E-state index in [1.807, 2.05) is 0 Å². The van der Waals surface area contributed by atoms with Crippen LogP contribution in [0, 0.1) is 10.8 Å². The summed E-state index contributed by atoms with van der Waals surface area (Å²) in [6.07, 6.45) is 1.50. The van der Waals surface area contributed by atoms with Gasteiger partial charge >= 0.3 is 0 Å². The summed E-state index contributed by atoms with van der Waals surface area (Å²) in [6, 6.07) is 0. The molecule has 0 radical (unpaired) electrons. The summed E-state index contributed by atoms with van der Waals surface area (Å²) in [7, 11) is -0.704. The first-order valence-corrected chi connectivity index (χ1v) is 3.02. The fraction of sp³-hybridized carbons (Fsp3) is 0. The van der Waals surface area contributed by atoms with Crippen molar-refractivity contribution in [2.24, 2.45) is 0 Å². The van der Waals surface area contributed by atoms with E-state index in [2.05, 4.69) is 6.58 Å². The molecule has 0 saturated carbocycles. The van der Waals surface area contributed by atoms with Gasteiger partial charge in [0.05, 0.1) is 8.46 Å². The van der Waals surface area contributed by atoms with Gasteiger partial charge in [-0.2, -0.15) is 0 Å². The highest BCUT2D eigenvalue weighted by atomic mass is 31.1. The van der Waals surface area contributed by atoms with Crippen molar-refractivity contribution in [3.05, 3.63) is 12.4 Å². The third kappa shape index (κ3) is 3030. The first-order chi connectivity index (χ1) is 4.74. The molecule has 6 heteroatoms. The summed E-state index contributed by atoms with van der Waals surface area (Å²) in [4.78, 5) is 16.7. The lowest BCUT2D eigenvalue weighted by molar-refractivity contribution is 0.562. The van der Waals surface area contributed by atoms with Crippen molar-refractivity contribution in [3.63, 3.8) is 0 Å². The highest BCUT2D eigenvalue weighted by Gasteiger charge is 1.35. The van der Waals surface area contributed by atoms with Gasteiger partial charge in [-0.1, -0.05) is 6.58 Å². The predicted molar refractivity (Wildman–Crippen MR) is 37.4 cm³/mol. The lowest BCUT2D eigenvalue weighted by Gasteiger charge is -1.40. The fourth-order valence-electron chi connectivity index (χ4n) is 0. The molecule has 0 aromatic carbocycles. The lowest BCUT2D eigenvalue weighted by Crippen LogP contribution is -1.16. The number of rotatable bonds is 1. The Morgan fingerprint density at radius 1 is 1.30 bits per heavy atom. The molecule has 0 rings (SSSR count). The summed E-state index contributed by atoms with van der Waals surface area (Å²) < 4.78 is 9.26. The van der Waals surface area contributed by atoms with E-state index in [0.717, 1.165) is 12.2 Å². The van der Waals surface area contributed by atoms with Crippen LogP contribution >= 0.6 is 8.46 Å². The largest absolute Gasteiger partial charge is 0.326 e. The van der Waals surface area contributed by atoms with Gasteiger partial charge in [0.25, 0.3) is 0 Å². The molecule has 0 saturated heterocycles. The zero-order chi connectivity index (χ0) is 8.83. The topological polar surface area (TPSA) is 98.9 Å². The van der Waals surface area contributed by atoms with Crippen LogP contribution < -0.4 is 0 Å². The zero-order valence-electron chi connectivity index (χ0n) is 5.09. The van der Waals surface area contributed by atoms with Crippen LogP contribution in [0.2, 0.25) is 0 Å². The van der Waals surface area contributed by atoms with Gasteiger partial charge in [0.15, 0.2) is 0 Å². The molecule has 0 amide bonds. The van der Waals surface area contributed by atoms with Crippen molar-refractivity contribution in [2.75, 3.05) is 0 Å². The molecular formula is C4H7N2O3P. The number of carbonyl (C=O) groups excluding carboxylic acids is 2. The maximum atomic E-state index is 9.26. The molecule has 0 aliphatic carbocycles. The standard InChI is InChI=1S/C2H5OP.2CHNO/c1-2-4-3;2*2-1-3/h2H,1,4H2;2*2H. The average molecular weight is 162 g/mol. The van der Waals surface area contributed by atoms with E-state index in [4.69, 9.17) is 20.4 Å². The minimum absolute atomic E-state index is 0.704. The summed E-state index contributed by atoms with van der Waals surface area (Å²) in [5.74, 6) is 1.40. The lowest BCUT2D eigenvalue weighted by atomic mass is 11.3. The van der Waals surface area contributed by atoms with E-state index in [1.54, 1.807) is 0 Å². The van der Waals surface area contributed by atoms with Gasteiger partial charge in [0.1, 0.15) is 0 Å². The van der Waals surface area contributed by atoms with Crippen LogP contribution in [0.1, 0.15) is 0 Å². The van der Waals surface area contributed by atoms with Crippen LogP contribution in [0.25, 0.3) is 0 Å². The number of hydrogen-bond donors (Lipinski definition) is 2. The third-order valence-corrected chi connectivity index (χ3v) is 0.289. The minimum Gasteiger partial charge on any atom is -0.326 e. The normalized spacial score (nSPS) is 5.20. The first kappa shape index (κ1) is 15.9. The molecule has 0 heterocycles. The minimum atomic E-state index is -0.704. The summed E-state index contributed by atoms with van der Waals surface area (Å²) in [5.41, 5.74) is 0. The van der Waals surface area contributed by atoms with E-state index in [0.29, 0.717) is 0 Å². The van der Waals surface area contributed by atoms with Crippen molar-refractivity contribution in [2.45, 2.75) is 0 Å². The van der Waals surface area contributed by atoms with Crippen LogP contribution in [-0.2, 0) is 14.2 Å². The summed E-state index contributed by atoms with van der Waals surface area (Å²) in [5, 5.41) is 10.8. The van der Waals surface area contributed by atoms with E-state index in [1.165, 1.54) is 5.82 Å². The maximum absolute atomic E-state index is 9.26. The number of nitrogens with one attached hydrogen (secondary N) is 2. The van der Waals surface area contributed by atoms with Gasteiger partial charge in [-0.15, -0.1) is 0 Å². The SMILES string of the molecule is C=C[PH2]=O.N=C=O.N=C=O.